The second-order valence-electron chi connectivity index (χ2n) is 6.28. The highest BCUT2D eigenvalue weighted by Crippen LogP contribution is 2.29. The van der Waals surface area contributed by atoms with Gasteiger partial charge in [-0.3, -0.25) is 0 Å². The van der Waals surface area contributed by atoms with Gasteiger partial charge in [-0.25, -0.2) is 4.98 Å². The molecule has 4 nitrogen and oxygen atoms in total. The van der Waals surface area contributed by atoms with E-state index in [1.165, 1.54) is 55.6 Å². The lowest BCUT2D eigenvalue weighted by atomic mass is 10.0. The van der Waals surface area contributed by atoms with Gasteiger partial charge in [0.05, 0.1) is 0 Å². The van der Waals surface area contributed by atoms with Gasteiger partial charge in [0.2, 0.25) is 0 Å². The molecule has 0 bridgehead atoms. The van der Waals surface area contributed by atoms with Gasteiger partial charge in [0.25, 0.3) is 0 Å². The number of hydrogen-bond donors (Lipinski definition) is 1. The summed E-state index contributed by atoms with van der Waals surface area (Å²) in [6.45, 7) is 2.95. The summed E-state index contributed by atoms with van der Waals surface area (Å²) in [5.74, 6) is 1.13. The van der Waals surface area contributed by atoms with Crippen LogP contribution in [0.15, 0.2) is 6.07 Å². The molecule has 0 amide bonds. The molecule has 2 heterocycles. The highest BCUT2D eigenvalue weighted by atomic mass is 15.2. The first-order valence-corrected chi connectivity index (χ1v) is 7.82. The number of aromatic nitrogens is 1. The number of pyridine rings is 1. The molecule has 1 fully saturated rings. The molecule has 20 heavy (non-hydrogen) atoms. The molecule has 0 saturated carbocycles. The average molecular weight is 274 g/mol. The molecule has 2 aliphatic rings. The van der Waals surface area contributed by atoms with Crippen LogP contribution in [0.3, 0.4) is 0 Å². The summed E-state index contributed by atoms with van der Waals surface area (Å²) in [4.78, 5) is 9.74. The Labute approximate surface area is 122 Å². The van der Waals surface area contributed by atoms with Gasteiger partial charge < -0.3 is 15.5 Å². The molecule has 0 atom stereocenters. The summed E-state index contributed by atoms with van der Waals surface area (Å²) in [5, 5.41) is 0. The SMILES string of the molecule is CN1CCC(N(C)c2nc3c(cc2CN)CCC3)CC1. The van der Waals surface area contributed by atoms with Crippen LogP contribution >= 0.6 is 0 Å². The Bertz CT molecular complexity index is 478. The molecule has 4 heteroatoms. The van der Waals surface area contributed by atoms with Crippen LogP contribution in [-0.4, -0.2) is 43.1 Å². The lowest BCUT2D eigenvalue weighted by Gasteiger charge is -2.36. The van der Waals surface area contributed by atoms with Gasteiger partial charge in [-0.2, -0.15) is 0 Å². The smallest absolute Gasteiger partial charge is 0.133 e. The molecule has 1 aliphatic heterocycles. The minimum atomic E-state index is 0.590. The van der Waals surface area contributed by atoms with Crippen molar-refractivity contribution in [3.63, 3.8) is 0 Å². The van der Waals surface area contributed by atoms with Crippen molar-refractivity contribution < 1.29 is 0 Å². The zero-order valence-corrected chi connectivity index (χ0v) is 12.7. The van der Waals surface area contributed by atoms with Gasteiger partial charge in [0, 0.05) is 30.9 Å². The molecule has 0 unspecified atom stereocenters. The van der Waals surface area contributed by atoms with E-state index in [-0.39, 0.29) is 0 Å². The number of aryl methyl sites for hydroxylation is 2. The molecule has 0 radical (unpaired) electrons. The van der Waals surface area contributed by atoms with Gasteiger partial charge >= 0.3 is 0 Å². The van der Waals surface area contributed by atoms with Crippen molar-refractivity contribution in [1.82, 2.24) is 9.88 Å². The van der Waals surface area contributed by atoms with Gasteiger partial charge in [0.1, 0.15) is 5.82 Å². The standard InChI is InChI=1S/C16H26N4/c1-19-8-6-14(7-9-19)20(2)16-13(11-17)10-12-4-3-5-15(12)18-16/h10,14H,3-9,11,17H2,1-2H3. The van der Waals surface area contributed by atoms with Crippen molar-refractivity contribution in [3.05, 3.63) is 22.9 Å². The first kappa shape index (κ1) is 13.8. The monoisotopic (exact) mass is 274 g/mol. The fraction of sp³-hybridized carbons (Fsp3) is 0.688. The van der Waals surface area contributed by atoms with E-state index in [0.717, 1.165) is 12.2 Å². The first-order chi connectivity index (χ1) is 9.69. The van der Waals surface area contributed by atoms with Gasteiger partial charge in [-0.05, 0) is 63.9 Å². The van der Waals surface area contributed by atoms with E-state index in [1.807, 2.05) is 0 Å². The molecule has 1 aliphatic carbocycles. The molecule has 1 aromatic rings. The van der Waals surface area contributed by atoms with Crippen LogP contribution in [0.4, 0.5) is 5.82 Å². The van der Waals surface area contributed by atoms with Crippen molar-refractivity contribution in [2.75, 3.05) is 32.1 Å². The Morgan fingerprint density at radius 2 is 2.10 bits per heavy atom. The average Bonchev–Trinajstić information content (AvgIpc) is 2.93. The topological polar surface area (TPSA) is 45.4 Å². The Hall–Kier alpha value is -1.13. The molecule has 2 N–H and O–H groups in total. The third-order valence-electron chi connectivity index (χ3n) is 4.90. The van der Waals surface area contributed by atoms with E-state index in [2.05, 4.69) is 30.0 Å². The highest BCUT2D eigenvalue weighted by Gasteiger charge is 2.24. The van der Waals surface area contributed by atoms with Crippen LogP contribution in [0.25, 0.3) is 0 Å². The molecule has 110 valence electrons. The molecule has 0 spiro atoms. The zero-order valence-electron chi connectivity index (χ0n) is 12.7. The number of hydrogen-bond acceptors (Lipinski definition) is 4. The lowest BCUT2D eigenvalue weighted by molar-refractivity contribution is 0.252. The van der Waals surface area contributed by atoms with Gasteiger partial charge in [-0.1, -0.05) is 0 Å². The number of nitrogens with two attached hydrogens (primary N) is 1. The molecule has 1 aromatic heterocycles. The second-order valence-corrected chi connectivity index (χ2v) is 6.28. The number of likely N-dealkylation sites (tertiary alicyclic amines) is 1. The fourth-order valence-electron chi connectivity index (χ4n) is 3.52. The Balaban J connectivity index is 1.85. The Morgan fingerprint density at radius 1 is 1.35 bits per heavy atom. The highest BCUT2D eigenvalue weighted by molar-refractivity contribution is 5.51. The molecular formula is C16H26N4. The lowest BCUT2D eigenvalue weighted by Crippen LogP contribution is -2.42. The normalized spacial score (nSPS) is 20.1. The summed E-state index contributed by atoms with van der Waals surface area (Å²) in [7, 11) is 4.40. The van der Waals surface area contributed by atoms with Crippen LogP contribution in [0.1, 0.15) is 36.1 Å². The van der Waals surface area contributed by atoms with Crippen LogP contribution in [0, 0.1) is 0 Å². The van der Waals surface area contributed by atoms with Crippen molar-refractivity contribution in [3.8, 4) is 0 Å². The molecule has 1 saturated heterocycles. The van der Waals surface area contributed by atoms with Crippen molar-refractivity contribution in [2.24, 2.45) is 5.73 Å². The van der Waals surface area contributed by atoms with Crippen molar-refractivity contribution >= 4 is 5.82 Å². The summed E-state index contributed by atoms with van der Waals surface area (Å²) >= 11 is 0. The first-order valence-electron chi connectivity index (χ1n) is 7.82. The van der Waals surface area contributed by atoms with Crippen LogP contribution in [0.2, 0.25) is 0 Å². The van der Waals surface area contributed by atoms with E-state index >= 15 is 0 Å². The summed E-state index contributed by atoms with van der Waals surface area (Å²) in [6.07, 6.45) is 5.99. The Morgan fingerprint density at radius 3 is 2.80 bits per heavy atom. The largest absolute Gasteiger partial charge is 0.356 e. The van der Waals surface area contributed by atoms with E-state index in [9.17, 15) is 0 Å². The van der Waals surface area contributed by atoms with Crippen LogP contribution in [0.5, 0.6) is 0 Å². The summed E-state index contributed by atoms with van der Waals surface area (Å²) < 4.78 is 0. The molecule has 0 aromatic carbocycles. The van der Waals surface area contributed by atoms with E-state index in [4.69, 9.17) is 10.7 Å². The maximum absolute atomic E-state index is 5.96. The number of nitrogens with zero attached hydrogens (tertiary/aromatic N) is 3. The fourth-order valence-corrected chi connectivity index (χ4v) is 3.52. The summed E-state index contributed by atoms with van der Waals surface area (Å²) in [5.41, 5.74) is 9.90. The second kappa shape index (κ2) is 5.70. The number of piperidine rings is 1. The van der Waals surface area contributed by atoms with Crippen molar-refractivity contribution in [1.29, 1.82) is 0 Å². The minimum absolute atomic E-state index is 0.590. The minimum Gasteiger partial charge on any atom is -0.356 e. The quantitative estimate of drug-likeness (QED) is 0.908. The van der Waals surface area contributed by atoms with Crippen LogP contribution in [-0.2, 0) is 19.4 Å². The maximum Gasteiger partial charge on any atom is 0.133 e. The molecular weight excluding hydrogens is 248 g/mol. The zero-order chi connectivity index (χ0) is 14.1. The third kappa shape index (κ3) is 2.54. The van der Waals surface area contributed by atoms with E-state index in [0.29, 0.717) is 12.6 Å². The summed E-state index contributed by atoms with van der Waals surface area (Å²) in [6, 6.07) is 2.90. The van der Waals surface area contributed by atoms with E-state index < -0.39 is 0 Å². The number of anilines is 1. The van der Waals surface area contributed by atoms with Crippen molar-refractivity contribution in [2.45, 2.75) is 44.7 Å². The van der Waals surface area contributed by atoms with E-state index in [1.54, 1.807) is 0 Å². The van der Waals surface area contributed by atoms with Crippen LogP contribution < -0.4 is 10.6 Å². The predicted octanol–water partition coefficient (Wildman–Crippen LogP) is 1.56. The number of fused-ring (bicyclic) bond motifs is 1. The number of rotatable bonds is 3. The predicted molar refractivity (Wildman–Crippen MR) is 83.1 cm³/mol. The Kier molecular flexibility index (Phi) is 3.94. The maximum atomic E-state index is 5.96. The van der Waals surface area contributed by atoms with Gasteiger partial charge in [0.15, 0.2) is 0 Å². The third-order valence-corrected chi connectivity index (χ3v) is 4.90. The van der Waals surface area contributed by atoms with Gasteiger partial charge in [-0.15, -0.1) is 0 Å². The molecule has 3 rings (SSSR count).